The van der Waals surface area contributed by atoms with Crippen LogP contribution in [0.2, 0.25) is 0 Å². The lowest BCUT2D eigenvalue weighted by Crippen LogP contribution is -2.41. The summed E-state index contributed by atoms with van der Waals surface area (Å²) in [6, 6.07) is 0.429. The van der Waals surface area contributed by atoms with E-state index in [2.05, 4.69) is 23.8 Å². The number of thioether (sulfide) groups is 1. The van der Waals surface area contributed by atoms with Gasteiger partial charge < -0.3 is 10.6 Å². The summed E-state index contributed by atoms with van der Waals surface area (Å²) in [5, 5.41) is 6.55. The molecule has 3 nitrogen and oxygen atoms in total. The Labute approximate surface area is 96.8 Å². The van der Waals surface area contributed by atoms with Crippen molar-refractivity contribution < 1.29 is 4.79 Å². The minimum Gasteiger partial charge on any atom is -0.338 e. The lowest BCUT2D eigenvalue weighted by Gasteiger charge is -2.14. The molecule has 0 aromatic rings. The van der Waals surface area contributed by atoms with Crippen molar-refractivity contribution in [2.45, 2.75) is 50.3 Å². The number of hydrogen-bond acceptors (Lipinski definition) is 2. The van der Waals surface area contributed by atoms with E-state index in [1.807, 2.05) is 11.8 Å². The third-order valence-electron chi connectivity index (χ3n) is 2.93. The molecule has 2 amide bonds. The summed E-state index contributed by atoms with van der Waals surface area (Å²) in [6.45, 7) is 2.96. The molecular weight excluding hydrogens is 208 g/mol. The van der Waals surface area contributed by atoms with Crippen LogP contribution in [0.5, 0.6) is 0 Å². The average molecular weight is 230 g/mol. The zero-order valence-electron chi connectivity index (χ0n) is 9.71. The van der Waals surface area contributed by atoms with Crippen molar-refractivity contribution >= 4 is 17.8 Å². The van der Waals surface area contributed by atoms with Gasteiger partial charge in [-0.05, 0) is 25.5 Å². The number of amides is 2. The Morgan fingerprint density at radius 1 is 1.47 bits per heavy atom. The van der Waals surface area contributed by atoms with Crippen LogP contribution in [0.1, 0.15) is 39.0 Å². The number of carbonyl (C=O) groups is 1. The van der Waals surface area contributed by atoms with Crippen LogP contribution in [0.3, 0.4) is 0 Å². The second-order valence-electron chi connectivity index (χ2n) is 4.22. The first-order valence-corrected chi connectivity index (χ1v) is 7.08. The molecular formula is C11H22N2OS. The van der Waals surface area contributed by atoms with Crippen molar-refractivity contribution in [1.82, 2.24) is 10.6 Å². The summed E-state index contributed by atoms with van der Waals surface area (Å²) in [4.78, 5) is 11.4. The molecule has 1 aliphatic rings. The molecule has 2 N–H and O–H groups in total. The molecule has 0 aromatic carbocycles. The molecule has 1 saturated carbocycles. The molecule has 1 aliphatic carbocycles. The van der Waals surface area contributed by atoms with E-state index in [0.29, 0.717) is 11.3 Å². The molecule has 0 spiro atoms. The molecule has 0 radical (unpaired) electrons. The summed E-state index contributed by atoms with van der Waals surface area (Å²) in [5.74, 6) is 0. The van der Waals surface area contributed by atoms with E-state index >= 15 is 0 Å². The summed E-state index contributed by atoms with van der Waals surface area (Å²) in [5.41, 5.74) is 0. The van der Waals surface area contributed by atoms with Crippen LogP contribution in [0, 0.1) is 0 Å². The van der Waals surface area contributed by atoms with Crippen LogP contribution in [0.4, 0.5) is 4.79 Å². The molecule has 1 rings (SSSR count). The Hall–Kier alpha value is -0.380. The zero-order valence-corrected chi connectivity index (χ0v) is 10.5. The van der Waals surface area contributed by atoms with Crippen molar-refractivity contribution in [2.24, 2.45) is 0 Å². The number of hydrogen-bond donors (Lipinski definition) is 2. The fourth-order valence-electron chi connectivity index (χ4n) is 1.81. The Balaban J connectivity index is 2.02. The fraction of sp³-hybridized carbons (Fsp3) is 0.909. The SMILES string of the molecule is CSC(C)CCNC(=O)NC1CCCC1. The number of carbonyl (C=O) groups excluding carboxylic acids is 1. The molecule has 1 fully saturated rings. The van der Waals surface area contributed by atoms with Gasteiger partial charge in [-0.25, -0.2) is 4.79 Å². The Morgan fingerprint density at radius 3 is 2.73 bits per heavy atom. The quantitative estimate of drug-likeness (QED) is 0.761. The first kappa shape index (κ1) is 12.7. The second kappa shape index (κ2) is 6.99. The predicted molar refractivity (Wildman–Crippen MR) is 66.4 cm³/mol. The van der Waals surface area contributed by atoms with Crippen molar-refractivity contribution in [3.8, 4) is 0 Å². The van der Waals surface area contributed by atoms with Crippen molar-refractivity contribution in [3.63, 3.8) is 0 Å². The maximum absolute atomic E-state index is 11.4. The standard InChI is InChI=1S/C11H22N2OS/c1-9(15-2)7-8-12-11(14)13-10-5-3-4-6-10/h9-10H,3-8H2,1-2H3,(H2,12,13,14). The number of nitrogens with one attached hydrogen (secondary N) is 2. The second-order valence-corrected chi connectivity index (χ2v) is 5.49. The van der Waals surface area contributed by atoms with Gasteiger partial charge in [-0.1, -0.05) is 19.8 Å². The molecule has 0 heterocycles. The van der Waals surface area contributed by atoms with E-state index in [1.54, 1.807) is 0 Å². The Kier molecular flexibility index (Phi) is 5.91. The van der Waals surface area contributed by atoms with E-state index in [4.69, 9.17) is 0 Å². The van der Waals surface area contributed by atoms with Gasteiger partial charge in [0.05, 0.1) is 0 Å². The van der Waals surface area contributed by atoms with E-state index in [9.17, 15) is 4.79 Å². The highest BCUT2D eigenvalue weighted by molar-refractivity contribution is 7.99. The van der Waals surface area contributed by atoms with Gasteiger partial charge in [0.15, 0.2) is 0 Å². The van der Waals surface area contributed by atoms with E-state index in [1.165, 1.54) is 12.8 Å². The van der Waals surface area contributed by atoms with E-state index < -0.39 is 0 Å². The van der Waals surface area contributed by atoms with Crippen LogP contribution in [0.15, 0.2) is 0 Å². The van der Waals surface area contributed by atoms with Gasteiger partial charge in [-0.2, -0.15) is 11.8 Å². The summed E-state index contributed by atoms with van der Waals surface area (Å²) < 4.78 is 0. The van der Waals surface area contributed by atoms with Gasteiger partial charge in [0, 0.05) is 17.8 Å². The monoisotopic (exact) mass is 230 g/mol. The molecule has 0 aliphatic heterocycles. The molecule has 0 saturated heterocycles. The molecule has 88 valence electrons. The van der Waals surface area contributed by atoms with Gasteiger partial charge in [-0.3, -0.25) is 0 Å². The van der Waals surface area contributed by atoms with Gasteiger partial charge >= 0.3 is 6.03 Å². The maximum atomic E-state index is 11.4. The third kappa shape index (κ3) is 5.30. The van der Waals surface area contributed by atoms with Crippen molar-refractivity contribution in [2.75, 3.05) is 12.8 Å². The van der Waals surface area contributed by atoms with Crippen LogP contribution < -0.4 is 10.6 Å². The normalized spacial score (nSPS) is 18.8. The largest absolute Gasteiger partial charge is 0.338 e. The predicted octanol–water partition coefficient (Wildman–Crippen LogP) is 2.37. The minimum atomic E-state index is 0.00945. The number of rotatable bonds is 5. The topological polar surface area (TPSA) is 41.1 Å². The minimum absolute atomic E-state index is 0.00945. The lowest BCUT2D eigenvalue weighted by atomic mass is 10.2. The van der Waals surface area contributed by atoms with Gasteiger partial charge in [0.2, 0.25) is 0 Å². The highest BCUT2D eigenvalue weighted by atomic mass is 32.2. The lowest BCUT2D eigenvalue weighted by molar-refractivity contribution is 0.237. The summed E-state index contributed by atoms with van der Waals surface area (Å²) in [7, 11) is 0. The first-order chi connectivity index (χ1) is 7.22. The van der Waals surface area contributed by atoms with Crippen LogP contribution in [-0.4, -0.2) is 30.1 Å². The summed E-state index contributed by atoms with van der Waals surface area (Å²) in [6.07, 6.45) is 7.95. The first-order valence-electron chi connectivity index (χ1n) is 5.79. The Bertz CT molecular complexity index is 193. The van der Waals surface area contributed by atoms with Crippen molar-refractivity contribution in [1.29, 1.82) is 0 Å². The molecule has 0 aromatic heterocycles. The zero-order chi connectivity index (χ0) is 11.1. The average Bonchev–Trinajstić information content (AvgIpc) is 2.70. The Morgan fingerprint density at radius 2 is 2.13 bits per heavy atom. The van der Waals surface area contributed by atoms with Crippen LogP contribution in [0.25, 0.3) is 0 Å². The third-order valence-corrected chi connectivity index (χ3v) is 3.97. The van der Waals surface area contributed by atoms with Gasteiger partial charge in [-0.15, -0.1) is 0 Å². The van der Waals surface area contributed by atoms with Crippen molar-refractivity contribution in [3.05, 3.63) is 0 Å². The number of urea groups is 1. The van der Waals surface area contributed by atoms with E-state index in [0.717, 1.165) is 25.8 Å². The molecule has 0 bridgehead atoms. The molecule has 1 unspecified atom stereocenters. The highest BCUT2D eigenvalue weighted by Gasteiger charge is 2.16. The van der Waals surface area contributed by atoms with Gasteiger partial charge in [0.1, 0.15) is 0 Å². The fourth-order valence-corrected chi connectivity index (χ4v) is 2.17. The highest BCUT2D eigenvalue weighted by Crippen LogP contribution is 2.17. The van der Waals surface area contributed by atoms with Crippen LogP contribution in [-0.2, 0) is 0 Å². The molecule has 1 atom stereocenters. The van der Waals surface area contributed by atoms with E-state index in [-0.39, 0.29) is 6.03 Å². The maximum Gasteiger partial charge on any atom is 0.315 e. The van der Waals surface area contributed by atoms with Gasteiger partial charge in [0.25, 0.3) is 0 Å². The molecule has 4 heteroatoms. The van der Waals surface area contributed by atoms with Crippen LogP contribution >= 0.6 is 11.8 Å². The smallest absolute Gasteiger partial charge is 0.315 e. The molecule has 15 heavy (non-hydrogen) atoms. The summed E-state index contributed by atoms with van der Waals surface area (Å²) >= 11 is 1.84.